The van der Waals surface area contributed by atoms with E-state index < -0.39 is 0 Å². The summed E-state index contributed by atoms with van der Waals surface area (Å²) in [6, 6.07) is 7.32. The first-order valence-corrected chi connectivity index (χ1v) is 5.87. The third-order valence-corrected chi connectivity index (χ3v) is 2.55. The molecule has 1 unspecified atom stereocenters. The standard InChI is InChI=1S/C13H17ClN2O/c1-3-7-15-13(17)10(2)16-9-11-5-4-6-12(14)8-11/h3-6,8,10,16H,1,7,9H2,2H3,(H,15,17). The van der Waals surface area contributed by atoms with E-state index in [-0.39, 0.29) is 11.9 Å². The van der Waals surface area contributed by atoms with Gasteiger partial charge < -0.3 is 10.6 Å². The van der Waals surface area contributed by atoms with Crippen molar-refractivity contribution in [2.75, 3.05) is 6.54 Å². The highest BCUT2D eigenvalue weighted by Crippen LogP contribution is 2.10. The monoisotopic (exact) mass is 252 g/mol. The summed E-state index contributed by atoms with van der Waals surface area (Å²) in [6.45, 7) is 6.47. The van der Waals surface area contributed by atoms with E-state index in [9.17, 15) is 4.79 Å². The Balaban J connectivity index is 2.39. The van der Waals surface area contributed by atoms with Gasteiger partial charge in [0.15, 0.2) is 0 Å². The highest BCUT2D eigenvalue weighted by molar-refractivity contribution is 6.30. The zero-order valence-corrected chi connectivity index (χ0v) is 10.6. The second-order valence-corrected chi connectivity index (χ2v) is 4.20. The molecule has 4 heteroatoms. The van der Waals surface area contributed by atoms with Gasteiger partial charge in [-0.25, -0.2) is 0 Å². The lowest BCUT2D eigenvalue weighted by molar-refractivity contribution is -0.122. The zero-order chi connectivity index (χ0) is 12.7. The van der Waals surface area contributed by atoms with E-state index in [1.54, 1.807) is 6.08 Å². The van der Waals surface area contributed by atoms with Gasteiger partial charge in [-0.05, 0) is 24.6 Å². The van der Waals surface area contributed by atoms with Gasteiger partial charge in [-0.1, -0.05) is 29.8 Å². The fraction of sp³-hybridized carbons (Fsp3) is 0.308. The van der Waals surface area contributed by atoms with Gasteiger partial charge in [0, 0.05) is 18.1 Å². The molecule has 0 bridgehead atoms. The van der Waals surface area contributed by atoms with Crippen LogP contribution in [0, 0.1) is 0 Å². The summed E-state index contributed by atoms with van der Waals surface area (Å²) in [7, 11) is 0. The first-order valence-electron chi connectivity index (χ1n) is 5.50. The van der Waals surface area contributed by atoms with Crippen molar-refractivity contribution in [2.24, 2.45) is 0 Å². The summed E-state index contributed by atoms with van der Waals surface area (Å²) in [5, 5.41) is 6.57. The van der Waals surface area contributed by atoms with Gasteiger partial charge in [-0.3, -0.25) is 4.79 Å². The van der Waals surface area contributed by atoms with Crippen LogP contribution >= 0.6 is 11.6 Å². The van der Waals surface area contributed by atoms with Crippen molar-refractivity contribution < 1.29 is 4.79 Å². The fourth-order valence-corrected chi connectivity index (χ4v) is 1.55. The van der Waals surface area contributed by atoms with Crippen LogP contribution in [-0.4, -0.2) is 18.5 Å². The van der Waals surface area contributed by atoms with E-state index in [0.29, 0.717) is 18.1 Å². The highest BCUT2D eigenvalue weighted by Gasteiger charge is 2.10. The molecule has 0 fully saturated rings. The molecule has 1 amide bonds. The van der Waals surface area contributed by atoms with E-state index >= 15 is 0 Å². The number of hydrogen-bond donors (Lipinski definition) is 2. The minimum atomic E-state index is -0.242. The van der Waals surface area contributed by atoms with Crippen molar-refractivity contribution in [1.29, 1.82) is 0 Å². The lowest BCUT2D eigenvalue weighted by atomic mass is 10.2. The van der Waals surface area contributed by atoms with Crippen LogP contribution in [0.5, 0.6) is 0 Å². The number of benzene rings is 1. The topological polar surface area (TPSA) is 41.1 Å². The van der Waals surface area contributed by atoms with Crippen molar-refractivity contribution in [3.05, 3.63) is 47.5 Å². The molecule has 1 atom stereocenters. The predicted molar refractivity (Wildman–Crippen MR) is 71.0 cm³/mol. The maximum absolute atomic E-state index is 11.5. The van der Waals surface area contributed by atoms with Gasteiger partial charge in [0.2, 0.25) is 5.91 Å². The molecule has 1 aromatic carbocycles. The molecular formula is C13H17ClN2O. The van der Waals surface area contributed by atoms with Crippen LogP contribution in [0.1, 0.15) is 12.5 Å². The number of amides is 1. The Bertz CT molecular complexity index is 393. The molecule has 0 aliphatic heterocycles. The van der Waals surface area contributed by atoms with Crippen LogP contribution in [0.15, 0.2) is 36.9 Å². The minimum absolute atomic E-state index is 0.0353. The molecule has 0 aliphatic carbocycles. The average Bonchev–Trinajstić information content (AvgIpc) is 2.33. The maximum Gasteiger partial charge on any atom is 0.237 e. The molecule has 2 N–H and O–H groups in total. The van der Waals surface area contributed by atoms with E-state index in [2.05, 4.69) is 17.2 Å². The number of nitrogens with one attached hydrogen (secondary N) is 2. The summed E-state index contributed by atoms with van der Waals surface area (Å²) in [5.41, 5.74) is 1.06. The summed E-state index contributed by atoms with van der Waals surface area (Å²) in [4.78, 5) is 11.5. The molecule has 0 aliphatic rings. The molecule has 3 nitrogen and oxygen atoms in total. The Hall–Kier alpha value is -1.32. The Kier molecular flexibility index (Phi) is 5.73. The molecule has 1 aromatic rings. The molecule has 0 radical (unpaired) electrons. The van der Waals surface area contributed by atoms with Crippen molar-refractivity contribution in [2.45, 2.75) is 19.5 Å². The Morgan fingerprint density at radius 3 is 3.00 bits per heavy atom. The van der Waals surface area contributed by atoms with Crippen LogP contribution in [-0.2, 0) is 11.3 Å². The summed E-state index contributed by atoms with van der Waals surface area (Å²) >= 11 is 5.87. The van der Waals surface area contributed by atoms with E-state index in [1.807, 2.05) is 31.2 Å². The Morgan fingerprint density at radius 1 is 1.59 bits per heavy atom. The molecular weight excluding hydrogens is 236 g/mol. The van der Waals surface area contributed by atoms with E-state index in [4.69, 9.17) is 11.6 Å². The van der Waals surface area contributed by atoms with Crippen molar-refractivity contribution in [3.8, 4) is 0 Å². The summed E-state index contributed by atoms with van der Waals surface area (Å²) in [5.74, 6) is -0.0353. The Morgan fingerprint density at radius 2 is 2.35 bits per heavy atom. The molecule has 0 heterocycles. The van der Waals surface area contributed by atoms with E-state index in [0.717, 1.165) is 5.56 Å². The molecule has 17 heavy (non-hydrogen) atoms. The molecule has 0 aromatic heterocycles. The van der Waals surface area contributed by atoms with E-state index in [1.165, 1.54) is 0 Å². The van der Waals surface area contributed by atoms with Gasteiger partial charge in [-0.2, -0.15) is 0 Å². The second kappa shape index (κ2) is 7.09. The number of hydrogen-bond acceptors (Lipinski definition) is 2. The summed E-state index contributed by atoms with van der Waals surface area (Å²) in [6.07, 6.45) is 1.65. The van der Waals surface area contributed by atoms with Crippen molar-refractivity contribution >= 4 is 17.5 Å². The minimum Gasteiger partial charge on any atom is -0.351 e. The van der Waals surface area contributed by atoms with Gasteiger partial charge in [0.25, 0.3) is 0 Å². The first-order chi connectivity index (χ1) is 8.13. The number of halogens is 1. The lowest BCUT2D eigenvalue weighted by Gasteiger charge is -2.13. The van der Waals surface area contributed by atoms with Crippen molar-refractivity contribution in [1.82, 2.24) is 10.6 Å². The van der Waals surface area contributed by atoms with Gasteiger partial charge in [0.05, 0.1) is 6.04 Å². The second-order valence-electron chi connectivity index (χ2n) is 3.77. The van der Waals surface area contributed by atoms with Gasteiger partial charge >= 0.3 is 0 Å². The fourth-order valence-electron chi connectivity index (χ4n) is 1.34. The van der Waals surface area contributed by atoms with Crippen LogP contribution in [0.3, 0.4) is 0 Å². The Labute approximate surface area is 107 Å². The predicted octanol–water partition coefficient (Wildman–Crippen LogP) is 2.12. The maximum atomic E-state index is 11.5. The zero-order valence-electron chi connectivity index (χ0n) is 9.87. The number of carbonyl (C=O) groups excluding carboxylic acids is 1. The van der Waals surface area contributed by atoms with Crippen LogP contribution < -0.4 is 10.6 Å². The molecule has 92 valence electrons. The normalized spacial score (nSPS) is 11.9. The molecule has 1 rings (SSSR count). The van der Waals surface area contributed by atoms with Crippen LogP contribution in [0.4, 0.5) is 0 Å². The lowest BCUT2D eigenvalue weighted by Crippen LogP contribution is -2.41. The third-order valence-electron chi connectivity index (χ3n) is 2.32. The van der Waals surface area contributed by atoms with Gasteiger partial charge in [-0.15, -0.1) is 6.58 Å². The summed E-state index contributed by atoms with van der Waals surface area (Å²) < 4.78 is 0. The number of rotatable bonds is 6. The highest BCUT2D eigenvalue weighted by atomic mass is 35.5. The third kappa shape index (κ3) is 5.02. The quantitative estimate of drug-likeness (QED) is 0.762. The van der Waals surface area contributed by atoms with Gasteiger partial charge in [0.1, 0.15) is 0 Å². The van der Waals surface area contributed by atoms with Crippen LogP contribution in [0.2, 0.25) is 5.02 Å². The molecule has 0 saturated heterocycles. The van der Waals surface area contributed by atoms with Crippen molar-refractivity contribution in [3.63, 3.8) is 0 Å². The van der Waals surface area contributed by atoms with Crippen LogP contribution in [0.25, 0.3) is 0 Å². The smallest absolute Gasteiger partial charge is 0.237 e. The SMILES string of the molecule is C=CCNC(=O)C(C)NCc1cccc(Cl)c1. The largest absolute Gasteiger partial charge is 0.351 e. The molecule has 0 spiro atoms. The first kappa shape index (κ1) is 13.7. The average molecular weight is 253 g/mol. The molecule has 0 saturated carbocycles. The number of carbonyl (C=O) groups is 1.